The van der Waals surface area contributed by atoms with Crippen molar-refractivity contribution in [1.29, 1.82) is 0 Å². The molecule has 156 valence electrons. The van der Waals surface area contributed by atoms with Crippen molar-refractivity contribution in [2.45, 2.75) is 24.4 Å². The number of alkyl halides is 7. The normalized spacial score (nSPS) is 14.6. The maximum atomic E-state index is 13.9. The summed E-state index contributed by atoms with van der Waals surface area (Å²) in [7, 11) is 0. The van der Waals surface area contributed by atoms with E-state index in [-0.39, 0.29) is 37.8 Å². The molecule has 0 fully saturated rings. The Morgan fingerprint density at radius 3 is 2.14 bits per heavy atom. The Morgan fingerprint density at radius 2 is 1.52 bits per heavy atom. The number of rotatable bonds is 4. The second kappa shape index (κ2) is 7.21. The summed E-state index contributed by atoms with van der Waals surface area (Å²) in [4.78, 5) is 3.24. The predicted octanol–water partition coefficient (Wildman–Crippen LogP) is 7.90. The smallest absolute Gasteiger partial charge is 0.454 e. The van der Waals surface area contributed by atoms with Crippen molar-refractivity contribution >= 4 is 46.2 Å². The average molecular weight is 481 g/mol. The fraction of sp³-hybridized carbons (Fsp3) is 0.235. The largest absolute Gasteiger partial charge is 0.460 e. The zero-order valence-corrected chi connectivity index (χ0v) is 16.0. The SMILES string of the molecule is FC(F)(F)C(F)(F)C(F)(F)C1=Nc2cc(Cl)c(Oc3cccc(Cl)c3Cl)cc2C1. The minimum absolute atomic E-state index is 0.0269. The molecule has 1 aliphatic heterocycles. The third kappa shape index (κ3) is 3.75. The maximum Gasteiger partial charge on any atom is 0.460 e. The van der Waals surface area contributed by atoms with Crippen LogP contribution in [0, 0.1) is 0 Å². The molecule has 2 aromatic rings. The van der Waals surface area contributed by atoms with Crippen LogP contribution < -0.4 is 4.74 Å². The number of halogens is 10. The Kier molecular flexibility index (Phi) is 5.47. The first kappa shape index (κ1) is 22.0. The molecule has 0 saturated carbocycles. The summed E-state index contributed by atoms with van der Waals surface area (Å²) in [6, 6.07) is 6.53. The molecule has 0 aromatic heterocycles. The van der Waals surface area contributed by atoms with Crippen molar-refractivity contribution in [3.63, 3.8) is 0 Å². The molecule has 1 aliphatic rings. The molecule has 0 unspecified atom stereocenters. The lowest BCUT2D eigenvalue weighted by molar-refractivity contribution is -0.336. The molecule has 3 rings (SSSR count). The van der Waals surface area contributed by atoms with Gasteiger partial charge in [0, 0.05) is 6.42 Å². The molecule has 0 N–H and O–H groups in total. The molecule has 2 aromatic carbocycles. The first-order valence-electron chi connectivity index (χ1n) is 7.60. The van der Waals surface area contributed by atoms with E-state index in [1.807, 2.05) is 0 Å². The second-order valence-electron chi connectivity index (χ2n) is 5.95. The number of hydrogen-bond donors (Lipinski definition) is 0. The third-order valence-corrected chi connectivity index (χ3v) is 5.09. The fourth-order valence-electron chi connectivity index (χ4n) is 2.50. The quantitative estimate of drug-likeness (QED) is 0.408. The zero-order valence-electron chi connectivity index (χ0n) is 13.7. The Balaban J connectivity index is 1.93. The van der Waals surface area contributed by atoms with E-state index in [1.54, 1.807) is 0 Å². The molecule has 0 amide bonds. The van der Waals surface area contributed by atoms with E-state index in [4.69, 9.17) is 39.5 Å². The van der Waals surface area contributed by atoms with E-state index >= 15 is 0 Å². The van der Waals surface area contributed by atoms with Crippen LogP contribution in [0.4, 0.5) is 36.4 Å². The van der Waals surface area contributed by atoms with Crippen LogP contribution in [-0.4, -0.2) is 23.7 Å². The van der Waals surface area contributed by atoms with Gasteiger partial charge in [-0.05, 0) is 29.8 Å². The lowest BCUT2D eigenvalue weighted by Gasteiger charge is -2.28. The number of fused-ring (bicyclic) bond motifs is 1. The molecule has 2 nitrogen and oxygen atoms in total. The number of ether oxygens (including phenoxy) is 1. The lowest BCUT2D eigenvalue weighted by atomic mass is 10.0. The summed E-state index contributed by atoms with van der Waals surface area (Å²) in [5.41, 5.74) is -1.98. The molecule has 1 heterocycles. The second-order valence-corrected chi connectivity index (χ2v) is 7.14. The van der Waals surface area contributed by atoms with Gasteiger partial charge in [0.25, 0.3) is 0 Å². The van der Waals surface area contributed by atoms with Crippen LogP contribution in [-0.2, 0) is 6.42 Å². The van der Waals surface area contributed by atoms with E-state index in [1.165, 1.54) is 18.2 Å². The molecular formula is C17H7Cl3F7NO. The van der Waals surface area contributed by atoms with E-state index in [9.17, 15) is 30.7 Å². The number of benzene rings is 2. The summed E-state index contributed by atoms with van der Waals surface area (Å²) in [5, 5.41) is 0.0239. The van der Waals surface area contributed by atoms with Crippen molar-refractivity contribution < 1.29 is 35.5 Å². The first-order valence-corrected chi connectivity index (χ1v) is 8.74. The van der Waals surface area contributed by atoms with Gasteiger partial charge in [-0.15, -0.1) is 0 Å². The van der Waals surface area contributed by atoms with Crippen molar-refractivity contribution in [1.82, 2.24) is 0 Å². The van der Waals surface area contributed by atoms with Gasteiger partial charge in [0.2, 0.25) is 0 Å². The van der Waals surface area contributed by atoms with E-state index in [2.05, 4.69) is 4.99 Å². The van der Waals surface area contributed by atoms with Gasteiger partial charge in [-0.2, -0.15) is 30.7 Å². The van der Waals surface area contributed by atoms with Crippen molar-refractivity contribution in [3.05, 3.63) is 51.0 Å². The molecule has 0 saturated heterocycles. The highest BCUT2D eigenvalue weighted by Crippen LogP contribution is 2.50. The molecule has 0 spiro atoms. The Bertz CT molecular complexity index is 1010. The van der Waals surface area contributed by atoms with Crippen LogP contribution >= 0.6 is 34.8 Å². The topological polar surface area (TPSA) is 21.6 Å². The molecule has 0 bridgehead atoms. The maximum absolute atomic E-state index is 13.9. The van der Waals surface area contributed by atoms with Crippen molar-refractivity contribution in [2.75, 3.05) is 0 Å². The van der Waals surface area contributed by atoms with E-state index in [0.717, 1.165) is 12.1 Å². The fourth-order valence-corrected chi connectivity index (χ4v) is 3.02. The number of nitrogens with zero attached hydrogens (tertiary/aromatic N) is 1. The summed E-state index contributed by atoms with van der Waals surface area (Å²) in [6.07, 6.45) is -7.41. The standard InChI is InChI=1S/C17H7Cl3F7NO/c18-8-2-1-3-11(14(8)20)29-12-4-7-5-13(28-10(7)6-9(12)19)15(21,22)16(23,24)17(25,26)27/h1-4,6H,5H2. The molecule has 0 radical (unpaired) electrons. The van der Waals surface area contributed by atoms with Gasteiger partial charge in [-0.1, -0.05) is 40.9 Å². The molecule has 12 heteroatoms. The van der Waals surface area contributed by atoms with Gasteiger partial charge in [0.1, 0.15) is 16.5 Å². The Morgan fingerprint density at radius 1 is 0.862 bits per heavy atom. The Hall–Kier alpha value is -1.71. The number of hydrogen-bond acceptors (Lipinski definition) is 2. The van der Waals surface area contributed by atoms with Crippen LogP contribution in [0.1, 0.15) is 5.56 Å². The van der Waals surface area contributed by atoms with Crippen molar-refractivity contribution in [2.24, 2.45) is 4.99 Å². The zero-order chi connectivity index (χ0) is 21.8. The highest BCUT2D eigenvalue weighted by atomic mass is 35.5. The van der Waals surface area contributed by atoms with Gasteiger partial charge in [0.05, 0.1) is 21.4 Å². The highest BCUT2D eigenvalue weighted by Gasteiger charge is 2.75. The summed E-state index contributed by atoms with van der Waals surface area (Å²) in [6.45, 7) is 0. The summed E-state index contributed by atoms with van der Waals surface area (Å²) in [5.74, 6) is -11.9. The Labute approximate surface area is 173 Å². The minimum atomic E-state index is -6.46. The van der Waals surface area contributed by atoms with Gasteiger partial charge in [0.15, 0.2) is 0 Å². The van der Waals surface area contributed by atoms with Gasteiger partial charge < -0.3 is 4.74 Å². The predicted molar refractivity (Wildman–Crippen MR) is 94.7 cm³/mol. The third-order valence-electron chi connectivity index (χ3n) is 4.00. The van der Waals surface area contributed by atoms with Crippen LogP contribution in [0.15, 0.2) is 35.3 Å². The van der Waals surface area contributed by atoms with E-state index in [0.29, 0.717) is 0 Å². The molecule has 0 atom stereocenters. The lowest BCUT2D eigenvalue weighted by Crippen LogP contribution is -2.56. The minimum Gasteiger partial charge on any atom is -0.454 e. The van der Waals surface area contributed by atoms with Crippen LogP contribution in [0.3, 0.4) is 0 Å². The van der Waals surface area contributed by atoms with E-state index < -0.39 is 30.2 Å². The number of aliphatic imine (C=N–C) groups is 1. The molecule has 0 aliphatic carbocycles. The molecular weight excluding hydrogens is 474 g/mol. The van der Waals surface area contributed by atoms with Gasteiger partial charge in [-0.3, -0.25) is 4.99 Å². The summed E-state index contributed by atoms with van der Waals surface area (Å²) >= 11 is 17.8. The van der Waals surface area contributed by atoms with Crippen LogP contribution in [0.25, 0.3) is 0 Å². The monoisotopic (exact) mass is 479 g/mol. The summed E-state index contributed by atoms with van der Waals surface area (Å²) < 4.78 is 97.1. The first-order chi connectivity index (χ1) is 13.3. The molecule has 29 heavy (non-hydrogen) atoms. The van der Waals surface area contributed by atoms with Gasteiger partial charge in [-0.25, -0.2) is 0 Å². The highest BCUT2D eigenvalue weighted by molar-refractivity contribution is 6.43. The average Bonchev–Trinajstić information content (AvgIpc) is 3.01. The van der Waals surface area contributed by atoms with Gasteiger partial charge >= 0.3 is 18.0 Å². The van der Waals surface area contributed by atoms with Crippen LogP contribution in [0.5, 0.6) is 11.5 Å². The van der Waals surface area contributed by atoms with Crippen molar-refractivity contribution in [3.8, 4) is 11.5 Å². The van der Waals surface area contributed by atoms with Crippen LogP contribution in [0.2, 0.25) is 15.1 Å².